The van der Waals surface area contributed by atoms with E-state index in [1.165, 1.54) is 12.2 Å². The quantitative estimate of drug-likeness (QED) is 0.583. The van der Waals surface area contributed by atoms with Crippen LogP contribution in [-0.4, -0.2) is 42.3 Å². The first-order valence-corrected chi connectivity index (χ1v) is 9.80. The molecule has 3 N–H and O–H groups in total. The van der Waals surface area contributed by atoms with E-state index < -0.39 is 24.0 Å². The Kier molecular flexibility index (Phi) is 6.85. The minimum Gasteiger partial charge on any atom is -0.480 e. The molecule has 0 saturated carbocycles. The van der Waals surface area contributed by atoms with Crippen LogP contribution in [0.2, 0.25) is 0 Å². The molecule has 1 atom stereocenters. The molecule has 7 heteroatoms. The molecular weight excluding hydrogens is 384 g/mol. The summed E-state index contributed by atoms with van der Waals surface area (Å²) in [6.07, 6.45) is 2.33. The summed E-state index contributed by atoms with van der Waals surface area (Å²) in [6, 6.07) is 15.2. The number of carbonyl (C=O) groups is 3. The Labute approximate surface area is 174 Å². The number of nitrogens with one attached hydrogen (secondary N) is 2. The van der Waals surface area contributed by atoms with Gasteiger partial charge in [-0.1, -0.05) is 61.5 Å². The van der Waals surface area contributed by atoms with E-state index in [4.69, 9.17) is 9.84 Å². The van der Waals surface area contributed by atoms with Crippen molar-refractivity contribution in [3.63, 3.8) is 0 Å². The molecule has 7 nitrogen and oxygen atoms in total. The molecule has 0 bridgehead atoms. The lowest BCUT2D eigenvalue weighted by Gasteiger charge is -2.14. The molecule has 2 amide bonds. The third kappa shape index (κ3) is 4.86. The van der Waals surface area contributed by atoms with Crippen molar-refractivity contribution in [1.29, 1.82) is 0 Å². The summed E-state index contributed by atoms with van der Waals surface area (Å²) in [5, 5.41) is 13.8. The predicted molar refractivity (Wildman–Crippen MR) is 112 cm³/mol. The zero-order valence-corrected chi connectivity index (χ0v) is 16.6. The summed E-state index contributed by atoms with van der Waals surface area (Å²) < 4.78 is 5.40. The van der Waals surface area contributed by atoms with Crippen LogP contribution in [0.25, 0.3) is 11.1 Å². The fourth-order valence-corrected chi connectivity index (χ4v) is 3.52. The van der Waals surface area contributed by atoms with E-state index in [0.29, 0.717) is 0 Å². The molecular formula is C23H24N2O5. The third-order valence-corrected chi connectivity index (χ3v) is 5.00. The van der Waals surface area contributed by atoms with Crippen LogP contribution in [0.5, 0.6) is 0 Å². The summed E-state index contributed by atoms with van der Waals surface area (Å²) in [7, 11) is 0. The monoisotopic (exact) mass is 408 g/mol. The van der Waals surface area contributed by atoms with Gasteiger partial charge in [-0.15, -0.1) is 0 Å². The molecule has 3 rings (SSSR count). The number of alkyl carbamates (subject to hydrolysis) is 1. The van der Waals surface area contributed by atoms with Crippen LogP contribution in [0.1, 0.15) is 30.4 Å². The second-order valence-electron chi connectivity index (χ2n) is 6.92. The van der Waals surface area contributed by atoms with Crippen molar-refractivity contribution < 1.29 is 24.2 Å². The molecule has 30 heavy (non-hydrogen) atoms. The molecule has 156 valence electrons. The van der Waals surface area contributed by atoms with E-state index in [9.17, 15) is 14.4 Å². The van der Waals surface area contributed by atoms with Crippen molar-refractivity contribution in [3.05, 3.63) is 71.8 Å². The smallest absolute Gasteiger partial charge is 0.407 e. The molecule has 0 spiro atoms. The number of benzene rings is 2. The third-order valence-electron chi connectivity index (χ3n) is 5.00. The topological polar surface area (TPSA) is 105 Å². The van der Waals surface area contributed by atoms with Crippen molar-refractivity contribution >= 4 is 18.0 Å². The van der Waals surface area contributed by atoms with Crippen LogP contribution in [-0.2, 0) is 14.3 Å². The van der Waals surface area contributed by atoms with Gasteiger partial charge in [0.05, 0.1) is 0 Å². The van der Waals surface area contributed by atoms with Gasteiger partial charge in [-0.2, -0.15) is 0 Å². The Morgan fingerprint density at radius 3 is 2.23 bits per heavy atom. The van der Waals surface area contributed by atoms with E-state index in [-0.39, 0.29) is 25.5 Å². The lowest BCUT2D eigenvalue weighted by atomic mass is 9.98. The van der Waals surface area contributed by atoms with Gasteiger partial charge in [-0.25, -0.2) is 9.59 Å². The summed E-state index contributed by atoms with van der Waals surface area (Å²) in [4.78, 5) is 34.6. The van der Waals surface area contributed by atoms with Gasteiger partial charge in [-0.3, -0.25) is 4.79 Å². The van der Waals surface area contributed by atoms with Gasteiger partial charge in [0.1, 0.15) is 12.6 Å². The molecule has 2 aromatic carbocycles. The second kappa shape index (κ2) is 9.73. The molecule has 0 aromatic heterocycles. The fraction of sp³-hybridized carbons (Fsp3) is 0.261. The number of ether oxygens (including phenoxy) is 1. The number of carboxylic acid groups (broad SMARTS) is 1. The zero-order chi connectivity index (χ0) is 21.5. The van der Waals surface area contributed by atoms with Crippen molar-refractivity contribution in [3.8, 4) is 11.1 Å². The second-order valence-corrected chi connectivity index (χ2v) is 6.92. The molecule has 0 fully saturated rings. The van der Waals surface area contributed by atoms with Gasteiger partial charge in [0.25, 0.3) is 0 Å². The number of carboxylic acids is 1. The minimum absolute atomic E-state index is 0.0218. The number of fused-ring (bicyclic) bond motifs is 3. The van der Waals surface area contributed by atoms with E-state index in [1.807, 2.05) is 36.4 Å². The lowest BCUT2D eigenvalue weighted by molar-refractivity contribution is -0.141. The van der Waals surface area contributed by atoms with Gasteiger partial charge in [-0.05, 0) is 28.7 Å². The summed E-state index contributed by atoms with van der Waals surface area (Å²) in [6.45, 7) is 1.97. The van der Waals surface area contributed by atoms with Crippen molar-refractivity contribution in [2.24, 2.45) is 0 Å². The molecule has 0 heterocycles. The Hall–Kier alpha value is -3.61. The molecule has 0 radical (unpaired) electrons. The van der Waals surface area contributed by atoms with Gasteiger partial charge in [0.15, 0.2) is 0 Å². The zero-order valence-electron chi connectivity index (χ0n) is 16.6. The Bertz CT molecular complexity index is 924. The average molecular weight is 408 g/mol. The first-order chi connectivity index (χ1) is 14.5. The largest absolute Gasteiger partial charge is 0.480 e. The standard InChI is InChI=1S/C23H24N2O5/c1-2-20(22(27)28)25-21(26)12-7-13-24-23(29)30-14-19-17-10-5-3-8-15(17)16-9-4-6-11-18(16)19/h3-12,19-20H,2,13-14H2,1H3,(H,24,29)(H,25,26)(H,27,28)/b12-7+/t20-/m1/s1. The van der Waals surface area contributed by atoms with Crippen molar-refractivity contribution in [2.75, 3.05) is 13.2 Å². The molecule has 2 aromatic rings. The number of amides is 2. The van der Waals surface area contributed by atoms with Crippen molar-refractivity contribution in [2.45, 2.75) is 25.3 Å². The predicted octanol–water partition coefficient (Wildman–Crippen LogP) is 3.06. The maximum atomic E-state index is 12.0. The highest BCUT2D eigenvalue weighted by molar-refractivity contribution is 5.91. The van der Waals surface area contributed by atoms with Crippen LogP contribution < -0.4 is 10.6 Å². The van der Waals surface area contributed by atoms with E-state index in [2.05, 4.69) is 22.8 Å². The first-order valence-electron chi connectivity index (χ1n) is 9.80. The highest BCUT2D eigenvalue weighted by Crippen LogP contribution is 2.44. The first kappa shape index (κ1) is 21.1. The van der Waals surface area contributed by atoms with Gasteiger partial charge < -0.3 is 20.5 Å². The van der Waals surface area contributed by atoms with Crippen LogP contribution in [0, 0.1) is 0 Å². The number of aliphatic carboxylic acids is 1. The molecule has 0 saturated heterocycles. The van der Waals surface area contributed by atoms with Crippen LogP contribution >= 0.6 is 0 Å². The normalized spacial score (nSPS) is 13.4. The molecule has 1 aliphatic carbocycles. The van der Waals surface area contributed by atoms with Crippen LogP contribution in [0.3, 0.4) is 0 Å². The van der Waals surface area contributed by atoms with Crippen molar-refractivity contribution in [1.82, 2.24) is 10.6 Å². The Morgan fingerprint density at radius 2 is 1.67 bits per heavy atom. The van der Waals surface area contributed by atoms with E-state index >= 15 is 0 Å². The molecule has 0 unspecified atom stereocenters. The number of rotatable bonds is 8. The average Bonchev–Trinajstić information content (AvgIpc) is 3.07. The maximum absolute atomic E-state index is 12.0. The number of carbonyl (C=O) groups excluding carboxylic acids is 2. The highest BCUT2D eigenvalue weighted by Gasteiger charge is 2.28. The summed E-state index contributed by atoms with van der Waals surface area (Å²) in [5.74, 6) is -1.64. The number of hydrogen-bond acceptors (Lipinski definition) is 4. The minimum atomic E-state index is -1.09. The number of hydrogen-bond donors (Lipinski definition) is 3. The van der Waals surface area contributed by atoms with E-state index in [1.54, 1.807) is 6.92 Å². The maximum Gasteiger partial charge on any atom is 0.407 e. The van der Waals surface area contributed by atoms with Gasteiger partial charge in [0.2, 0.25) is 5.91 Å². The molecule has 0 aliphatic heterocycles. The summed E-state index contributed by atoms with van der Waals surface area (Å²) in [5.41, 5.74) is 4.57. The molecule has 1 aliphatic rings. The highest BCUT2D eigenvalue weighted by atomic mass is 16.5. The van der Waals surface area contributed by atoms with Crippen LogP contribution in [0.15, 0.2) is 60.7 Å². The lowest BCUT2D eigenvalue weighted by Crippen LogP contribution is -2.39. The fourth-order valence-electron chi connectivity index (χ4n) is 3.52. The Balaban J connectivity index is 1.49. The van der Waals surface area contributed by atoms with Gasteiger partial charge >= 0.3 is 12.1 Å². The van der Waals surface area contributed by atoms with E-state index in [0.717, 1.165) is 22.3 Å². The van der Waals surface area contributed by atoms with Crippen LogP contribution in [0.4, 0.5) is 4.79 Å². The van der Waals surface area contributed by atoms with Gasteiger partial charge in [0, 0.05) is 18.5 Å². The Morgan fingerprint density at radius 1 is 1.07 bits per heavy atom. The SMILES string of the molecule is CC[C@@H](NC(=O)/C=C/CNC(=O)OCC1c2ccccc2-c2ccccc21)C(=O)O. The summed E-state index contributed by atoms with van der Waals surface area (Å²) >= 11 is 0.